The fourth-order valence-electron chi connectivity index (χ4n) is 2.46. The molecule has 0 bridgehead atoms. The molecule has 1 heterocycles. The van der Waals surface area contributed by atoms with Gasteiger partial charge in [0.15, 0.2) is 0 Å². The van der Waals surface area contributed by atoms with Crippen molar-refractivity contribution in [2.45, 2.75) is 45.1 Å². The molecule has 0 amide bonds. The fourth-order valence-corrected chi connectivity index (χ4v) is 3.49. The predicted molar refractivity (Wildman–Crippen MR) is 82.6 cm³/mol. The van der Waals surface area contributed by atoms with Gasteiger partial charge in [0.05, 0.1) is 0 Å². The third kappa shape index (κ3) is 4.33. The average molecular weight is 263 g/mol. The molecular formula is C16H25NS. The minimum Gasteiger partial charge on any atom is -0.313 e. The molecule has 1 saturated heterocycles. The smallest absolute Gasteiger partial charge is 0.00754 e. The summed E-state index contributed by atoms with van der Waals surface area (Å²) >= 11 is 2.11. The maximum absolute atomic E-state index is 3.76. The van der Waals surface area contributed by atoms with Crippen LogP contribution in [0.2, 0.25) is 0 Å². The van der Waals surface area contributed by atoms with Crippen LogP contribution in [0.4, 0.5) is 0 Å². The molecule has 1 aliphatic rings. The van der Waals surface area contributed by atoms with E-state index in [1.807, 2.05) is 0 Å². The van der Waals surface area contributed by atoms with E-state index in [9.17, 15) is 0 Å². The third-order valence-corrected chi connectivity index (χ3v) is 4.91. The molecular weight excluding hydrogens is 238 g/mol. The van der Waals surface area contributed by atoms with Gasteiger partial charge in [-0.25, -0.2) is 0 Å². The standard InChI is InChI=1S/C16H25NS/c1-13-5-7-15(8-6-13)14(2)12-17-16-4-3-10-18-11-9-16/h5-8,14,16-17H,3-4,9-12H2,1-2H3. The number of aryl methyl sites for hydroxylation is 1. The fraction of sp³-hybridized carbons (Fsp3) is 0.625. The van der Waals surface area contributed by atoms with Gasteiger partial charge in [0.2, 0.25) is 0 Å². The van der Waals surface area contributed by atoms with Crippen LogP contribution in [-0.2, 0) is 0 Å². The lowest BCUT2D eigenvalue weighted by Gasteiger charge is -2.19. The first-order valence-electron chi connectivity index (χ1n) is 7.13. The molecule has 0 aliphatic carbocycles. The van der Waals surface area contributed by atoms with Crippen LogP contribution in [-0.4, -0.2) is 24.1 Å². The summed E-state index contributed by atoms with van der Waals surface area (Å²) in [5, 5.41) is 3.76. The summed E-state index contributed by atoms with van der Waals surface area (Å²) in [5.74, 6) is 3.30. The summed E-state index contributed by atoms with van der Waals surface area (Å²) in [6.07, 6.45) is 4.07. The second-order valence-electron chi connectivity index (χ2n) is 5.46. The van der Waals surface area contributed by atoms with Crippen molar-refractivity contribution in [2.75, 3.05) is 18.1 Å². The molecule has 2 atom stereocenters. The van der Waals surface area contributed by atoms with E-state index in [1.165, 1.54) is 41.9 Å². The van der Waals surface area contributed by atoms with Crippen molar-refractivity contribution in [1.82, 2.24) is 5.32 Å². The number of hydrogen-bond donors (Lipinski definition) is 1. The lowest BCUT2D eigenvalue weighted by Crippen LogP contribution is -2.32. The quantitative estimate of drug-likeness (QED) is 0.882. The predicted octanol–water partition coefficient (Wildman–Crippen LogP) is 3.97. The van der Waals surface area contributed by atoms with Gasteiger partial charge in [-0.1, -0.05) is 36.8 Å². The van der Waals surface area contributed by atoms with Crippen LogP contribution in [0.25, 0.3) is 0 Å². The van der Waals surface area contributed by atoms with Gasteiger partial charge in [0.1, 0.15) is 0 Å². The van der Waals surface area contributed by atoms with Crippen LogP contribution in [0.15, 0.2) is 24.3 Å². The summed E-state index contributed by atoms with van der Waals surface area (Å²) in [6, 6.07) is 9.71. The van der Waals surface area contributed by atoms with E-state index in [-0.39, 0.29) is 0 Å². The van der Waals surface area contributed by atoms with Crippen molar-refractivity contribution in [3.63, 3.8) is 0 Å². The largest absolute Gasteiger partial charge is 0.313 e. The van der Waals surface area contributed by atoms with Gasteiger partial charge in [-0.3, -0.25) is 0 Å². The Labute approximate surface area is 116 Å². The highest BCUT2D eigenvalue weighted by Gasteiger charge is 2.13. The molecule has 1 aliphatic heterocycles. The first-order chi connectivity index (χ1) is 8.75. The van der Waals surface area contributed by atoms with E-state index >= 15 is 0 Å². The van der Waals surface area contributed by atoms with Gasteiger partial charge in [0, 0.05) is 12.6 Å². The Balaban J connectivity index is 1.80. The Bertz CT molecular complexity index is 339. The van der Waals surface area contributed by atoms with Crippen molar-refractivity contribution in [3.05, 3.63) is 35.4 Å². The first-order valence-corrected chi connectivity index (χ1v) is 8.29. The highest BCUT2D eigenvalue weighted by Crippen LogP contribution is 2.19. The second kappa shape index (κ2) is 7.20. The zero-order chi connectivity index (χ0) is 12.8. The molecule has 0 aromatic heterocycles. The zero-order valence-corrected chi connectivity index (χ0v) is 12.4. The number of nitrogens with one attached hydrogen (secondary N) is 1. The van der Waals surface area contributed by atoms with E-state index in [0.717, 1.165) is 12.6 Å². The first kappa shape index (κ1) is 14.0. The van der Waals surface area contributed by atoms with Crippen LogP contribution in [0.3, 0.4) is 0 Å². The van der Waals surface area contributed by atoms with Crippen LogP contribution < -0.4 is 5.32 Å². The highest BCUT2D eigenvalue weighted by atomic mass is 32.2. The molecule has 0 saturated carbocycles. The molecule has 18 heavy (non-hydrogen) atoms. The van der Waals surface area contributed by atoms with Gasteiger partial charge < -0.3 is 5.32 Å². The van der Waals surface area contributed by atoms with Gasteiger partial charge >= 0.3 is 0 Å². The highest BCUT2D eigenvalue weighted by molar-refractivity contribution is 7.99. The van der Waals surface area contributed by atoms with Crippen molar-refractivity contribution in [1.29, 1.82) is 0 Å². The number of hydrogen-bond acceptors (Lipinski definition) is 2. The van der Waals surface area contributed by atoms with Gasteiger partial charge in [-0.2, -0.15) is 11.8 Å². The van der Waals surface area contributed by atoms with E-state index in [2.05, 4.69) is 55.2 Å². The molecule has 2 rings (SSSR count). The van der Waals surface area contributed by atoms with Crippen LogP contribution in [0.1, 0.15) is 43.2 Å². The minimum absolute atomic E-state index is 0.613. The monoisotopic (exact) mass is 263 g/mol. The Hall–Kier alpha value is -0.470. The van der Waals surface area contributed by atoms with Crippen molar-refractivity contribution >= 4 is 11.8 Å². The third-order valence-electron chi connectivity index (χ3n) is 3.81. The SMILES string of the molecule is Cc1ccc(C(C)CNC2CCCSCC2)cc1. The molecule has 0 radical (unpaired) electrons. The van der Waals surface area contributed by atoms with Crippen molar-refractivity contribution < 1.29 is 0 Å². The summed E-state index contributed by atoms with van der Waals surface area (Å²) in [7, 11) is 0. The summed E-state index contributed by atoms with van der Waals surface area (Å²) < 4.78 is 0. The molecule has 1 N–H and O–H groups in total. The van der Waals surface area contributed by atoms with E-state index in [0.29, 0.717) is 5.92 Å². The molecule has 2 unspecified atom stereocenters. The molecule has 0 spiro atoms. The number of benzene rings is 1. The average Bonchev–Trinajstić information content (AvgIpc) is 2.65. The Morgan fingerprint density at radius 3 is 2.78 bits per heavy atom. The molecule has 2 heteroatoms. The Kier molecular flexibility index (Phi) is 5.58. The Morgan fingerprint density at radius 1 is 1.22 bits per heavy atom. The van der Waals surface area contributed by atoms with Gasteiger partial charge in [-0.15, -0.1) is 0 Å². The van der Waals surface area contributed by atoms with E-state index < -0.39 is 0 Å². The molecule has 1 aromatic rings. The van der Waals surface area contributed by atoms with E-state index in [4.69, 9.17) is 0 Å². The molecule has 1 aromatic carbocycles. The van der Waals surface area contributed by atoms with Crippen LogP contribution in [0.5, 0.6) is 0 Å². The molecule has 1 fully saturated rings. The summed E-state index contributed by atoms with van der Waals surface area (Å²) in [6.45, 7) is 5.58. The van der Waals surface area contributed by atoms with Crippen LogP contribution >= 0.6 is 11.8 Å². The molecule has 100 valence electrons. The lowest BCUT2D eigenvalue weighted by atomic mass is 9.99. The summed E-state index contributed by atoms with van der Waals surface area (Å²) in [4.78, 5) is 0. The Morgan fingerprint density at radius 2 is 2.00 bits per heavy atom. The van der Waals surface area contributed by atoms with Crippen molar-refractivity contribution in [3.8, 4) is 0 Å². The van der Waals surface area contributed by atoms with Gasteiger partial charge in [-0.05, 0) is 49.2 Å². The normalized spacial score (nSPS) is 22.4. The maximum atomic E-state index is 3.76. The topological polar surface area (TPSA) is 12.0 Å². The summed E-state index contributed by atoms with van der Waals surface area (Å²) in [5.41, 5.74) is 2.80. The second-order valence-corrected chi connectivity index (χ2v) is 6.68. The lowest BCUT2D eigenvalue weighted by molar-refractivity contribution is 0.456. The van der Waals surface area contributed by atoms with Gasteiger partial charge in [0.25, 0.3) is 0 Å². The minimum atomic E-state index is 0.613. The van der Waals surface area contributed by atoms with E-state index in [1.54, 1.807) is 0 Å². The maximum Gasteiger partial charge on any atom is 0.00754 e. The number of thioether (sulfide) groups is 1. The van der Waals surface area contributed by atoms with Crippen LogP contribution in [0, 0.1) is 6.92 Å². The number of rotatable bonds is 4. The molecule has 1 nitrogen and oxygen atoms in total. The van der Waals surface area contributed by atoms with Crippen molar-refractivity contribution in [2.24, 2.45) is 0 Å². The zero-order valence-electron chi connectivity index (χ0n) is 11.6.